The summed E-state index contributed by atoms with van der Waals surface area (Å²) in [5.41, 5.74) is 0. The van der Waals surface area contributed by atoms with Crippen molar-refractivity contribution in [3.05, 3.63) is 12.2 Å². The Bertz CT molecular complexity index is 753. The third-order valence-electron chi connectivity index (χ3n) is 6.80. The van der Waals surface area contributed by atoms with Crippen molar-refractivity contribution in [1.29, 1.82) is 0 Å². The number of phosphoric acid groups is 1. The lowest BCUT2D eigenvalue weighted by atomic mass is 10.1. The van der Waals surface area contributed by atoms with Gasteiger partial charge in [0.25, 0.3) is 0 Å². The lowest BCUT2D eigenvalue weighted by Gasteiger charge is -2.24. The van der Waals surface area contributed by atoms with Gasteiger partial charge in [0.2, 0.25) is 0 Å². The molecule has 0 heterocycles. The zero-order chi connectivity index (χ0) is 31.5. The molecule has 0 aliphatic carbocycles. The quantitative estimate of drug-likeness (QED) is 0.0296. The Morgan fingerprint density at radius 1 is 0.714 bits per heavy atom. The van der Waals surface area contributed by atoms with Gasteiger partial charge < -0.3 is 18.9 Å². The first kappa shape index (κ1) is 40.8. The topological polar surface area (TPSA) is 108 Å². The Balaban J connectivity index is 4.50. The molecule has 0 amide bonds. The molecular weight excluding hydrogens is 557 g/mol. The van der Waals surface area contributed by atoms with Crippen LogP contribution in [0.2, 0.25) is 0 Å². The summed E-state index contributed by atoms with van der Waals surface area (Å²) in [6.07, 6.45) is 21.4. The van der Waals surface area contributed by atoms with Gasteiger partial charge in [0.15, 0.2) is 6.10 Å². The van der Waals surface area contributed by atoms with E-state index in [0.717, 1.165) is 57.8 Å². The number of rotatable bonds is 29. The number of hydrogen-bond donors (Lipinski definition) is 1. The molecule has 0 bridgehead atoms. The fraction of sp³-hybridized carbons (Fsp3) is 0.875. The van der Waals surface area contributed by atoms with Crippen LogP contribution < -0.4 is 0 Å². The van der Waals surface area contributed by atoms with Gasteiger partial charge >= 0.3 is 19.8 Å². The number of nitrogens with zero attached hydrogens (tertiary/aromatic N) is 1. The molecule has 0 saturated heterocycles. The smallest absolute Gasteiger partial charge is 0.462 e. The lowest BCUT2D eigenvalue weighted by Crippen LogP contribution is -2.37. The highest BCUT2D eigenvalue weighted by Crippen LogP contribution is 2.43. The molecule has 0 aliphatic heterocycles. The van der Waals surface area contributed by atoms with Crippen LogP contribution in [0.5, 0.6) is 0 Å². The monoisotopic (exact) mass is 620 g/mol. The van der Waals surface area contributed by atoms with Crippen LogP contribution in [0.3, 0.4) is 0 Å². The van der Waals surface area contributed by atoms with Gasteiger partial charge in [0.1, 0.15) is 19.8 Å². The molecule has 0 aromatic heterocycles. The molecule has 0 aliphatic rings. The number of esters is 2. The number of carbonyl (C=O) groups excluding carboxylic acids is 2. The maximum absolute atomic E-state index is 12.5. The predicted octanol–water partition coefficient (Wildman–Crippen LogP) is 7.90. The van der Waals surface area contributed by atoms with Gasteiger partial charge in [0, 0.05) is 12.8 Å². The minimum atomic E-state index is -4.35. The van der Waals surface area contributed by atoms with Crippen molar-refractivity contribution in [3.8, 4) is 0 Å². The van der Waals surface area contributed by atoms with Crippen molar-refractivity contribution in [2.45, 2.75) is 136 Å². The second-order valence-corrected chi connectivity index (χ2v) is 13.7. The minimum absolute atomic E-state index is 0.0320. The maximum Gasteiger partial charge on any atom is 0.472 e. The van der Waals surface area contributed by atoms with Gasteiger partial charge in [-0.25, -0.2) is 4.57 Å². The van der Waals surface area contributed by atoms with Crippen LogP contribution in [0.4, 0.5) is 0 Å². The number of allylic oxidation sites excluding steroid dienone is 2. The number of unbranched alkanes of at least 4 members (excludes halogenated alkanes) is 13. The highest BCUT2D eigenvalue weighted by Gasteiger charge is 2.27. The molecule has 1 unspecified atom stereocenters. The number of ether oxygens (including phenoxy) is 2. The van der Waals surface area contributed by atoms with E-state index in [1.165, 1.54) is 38.5 Å². The molecule has 10 heteroatoms. The summed E-state index contributed by atoms with van der Waals surface area (Å²) in [5, 5.41) is 0. The van der Waals surface area contributed by atoms with Crippen molar-refractivity contribution in [3.63, 3.8) is 0 Å². The lowest BCUT2D eigenvalue weighted by molar-refractivity contribution is -0.870. The molecule has 2 atom stereocenters. The predicted molar refractivity (Wildman–Crippen MR) is 169 cm³/mol. The van der Waals surface area contributed by atoms with Crippen LogP contribution in [0.1, 0.15) is 129 Å². The number of likely N-dealkylation sites (N-methyl/N-ethyl adjacent to an activating group) is 1. The summed E-state index contributed by atoms with van der Waals surface area (Å²) in [6, 6.07) is 0. The van der Waals surface area contributed by atoms with E-state index in [9.17, 15) is 19.0 Å². The van der Waals surface area contributed by atoms with E-state index in [1.54, 1.807) is 0 Å². The van der Waals surface area contributed by atoms with Crippen molar-refractivity contribution in [2.24, 2.45) is 0 Å². The zero-order valence-electron chi connectivity index (χ0n) is 27.5. The number of phosphoric ester groups is 1. The average Bonchev–Trinajstić information content (AvgIpc) is 2.92. The molecule has 0 spiro atoms. The van der Waals surface area contributed by atoms with Crippen LogP contribution in [0, 0.1) is 0 Å². The fourth-order valence-electron chi connectivity index (χ4n) is 4.12. The number of quaternary nitrogens is 1. The van der Waals surface area contributed by atoms with Crippen LogP contribution in [-0.2, 0) is 32.7 Å². The first-order valence-corrected chi connectivity index (χ1v) is 17.9. The third kappa shape index (κ3) is 28.9. The van der Waals surface area contributed by atoms with Gasteiger partial charge in [-0.05, 0) is 38.5 Å². The van der Waals surface area contributed by atoms with E-state index in [-0.39, 0.29) is 32.0 Å². The fourth-order valence-corrected chi connectivity index (χ4v) is 4.86. The highest BCUT2D eigenvalue weighted by molar-refractivity contribution is 7.47. The molecule has 9 nitrogen and oxygen atoms in total. The Labute approximate surface area is 256 Å². The Morgan fingerprint density at radius 2 is 1.21 bits per heavy atom. The van der Waals surface area contributed by atoms with Crippen molar-refractivity contribution < 1.29 is 42.1 Å². The Kier molecular flexibility index (Phi) is 25.4. The number of carbonyl (C=O) groups is 2. The Morgan fingerprint density at radius 3 is 1.81 bits per heavy atom. The third-order valence-corrected chi connectivity index (χ3v) is 7.78. The normalized spacial score (nSPS) is 14.1. The first-order chi connectivity index (χ1) is 20.0. The van der Waals surface area contributed by atoms with Gasteiger partial charge in [0.05, 0.1) is 27.7 Å². The summed E-state index contributed by atoms with van der Waals surface area (Å²) < 4.78 is 33.8. The van der Waals surface area contributed by atoms with Gasteiger partial charge in [-0.3, -0.25) is 18.6 Å². The highest BCUT2D eigenvalue weighted by atomic mass is 31.2. The molecule has 0 fully saturated rings. The van der Waals surface area contributed by atoms with Gasteiger partial charge in [-0.2, -0.15) is 0 Å². The van der Waals surface area contributed by atoms with E-state index in [0.29, 0.717) is 17.4 Å². The molecule has 42 heavy (non-hydrogen) atoms. The van der Waals surface area contributed by atoms with E-state index < -0.39 is 26.5 Å². The second-order valence-electron chi connectivity index (χ2n) is 12.2. The molecule has 0 aromatic rings. The maximum atomic E-state index is 12.5. The standard InChI is InChI=1S/C32H62NO8P/c1-6-8-10-12-14-15-16-17-18-19-21-23-25-32(35)41-30(28-38-31(34)24-22-20-13-11-9-7-2)29-40-42(36,37)39-27-26-33(3,4)5/h14-15,30H,6-13,16-29H2,1-5H3/p+1/b15-14+/t30-/m0/s1. The molecule has 0 radical (unpaired) electrons. The first-order valence-electron chi connectivity index (χ1n) is 16.4. The van der Waals surface area contributed by atoms with Gasteiger partial charge in [-0.15, -0.1) is 0 Å². The van der Waals surface area contributed by atoms with Crippen molar-refractivity contribution in [2.75, 3.05) is 47.5 Å². The summed E-state index contributed by atoms with van der Waals surface area (Å²) >= 11 is 0. The van der Waals surface area contributed by atoms with E-state index in [2.05, 4.69) is 26.0 Å². The second kappa shape index (κ2) is 26.2. The molecule has 1 N–H and O–H groups in total. The van der Waals surface area contributed by atoms with Crippen LogP contribution in [0.15, 0.2) is 12.2 Å². The summed E-state index contributed by atoms with van der Waals surface area (Å²) in [4.78, 5) is 34.8. The zero-order valence-corrected chi connectivity index (χ0v) is 28.4. The minimum Gasteiger partial charge on any atom is -0.462 e. The van der Waals surface area contributed by atoms with Crippen LogP contribution in [0.25, 0.3) is 0 Å². The molecule has 0 aromatic carbocycles. The molecular formula is C32H63NO8P+. The molecule has 0 saturated carbocycles. The van der Waals surface area contributed by atoms with Crippen molar-refractivity contribution in [1.82, 2.24) is 0 Å². The number of hydrogen-bond acceptors (Lipinski definition) is 7. The summed E-state index contributed by atoms with van der Waals surface area (Å²) in [6.45, 7) is 4.29. The van der Waals surface area contributed by atoms with Gasteiger partial charge in [-0.1, -0.05) is 90.2 Å². The van der Waals surface area contributed by atoms with E-state index >= 15 is 0 Å². The molecule has 248 valence electrons. The largest absolute Gasteiger partial charge is 0.472 e. The average molecular weight is 621 g/mol. The van der Waals surface area contributed by atoms with Crippen LogP contribution in [-0.4, -0.2) is 74.9 Å². The van der Waals surface area contributed by atoms with Crippen molar-refractivity contribution >= 4 is 19.8 Å². The SMILES string of the molecule is CCCCC/C=C/CCCCCCCC(=O)O[C@@H](COC(=O)CCCCCCCC)COP(=O)(O)OCC[N+](C)(C)C. The molecule has 0 rings (SSSR count). The summed E-state index contributed by atoms with van der Waals surface area (Å²) in [7, 11) is 1.47. The summed E-state index contributed by atoms with van der Waals surface area (Å²) in [5.74, 6) is -0.821. The van der Waals surface area contributed by atoms with E-state index in [1.807, 2.05) is 21.1 Å². The Hall–Kier alpha value is -1.25. The van der Waals surface area contributed by atoms with E-state index in [4.69, 9.17) is 18.5 Å². The van der Waals surface area contributed by atoms with Crippen LogP contribution >= 0.6 is 7.82 Å².